The van der Waals surface area contributed by atoms with Crippen molar-refractivity contribution in [1.29, 1.82) is 0 Å². The third-order valence-corrected chi connectivity index (χ3v) is 7.92. The molecule has 8 nitrogen and oxygen atoms in total. The number of ether oxygens (including phenoxy) is 2. The predicted octanol–water partition coefficient (Wildman–Crippen LogP) is 7.97. The van der Waals surface area contributed by atoms with Crippen LogP contribution in [0, 0.1) is 0 Å². The summed E-state index contributed by atoms with van der Waals surface area (Å²) in [5.74, 6) is -1.34. The number of unbranched alkanes of at least 4 members (excludes halogenated alkanes) is 1. The minimum atomic E-state index is -0.624. The van der Waals surface area contributed by atoms with Crippen molar-refractivity contribution in [2.24, 2.45) is 0 Å². The average Bonchev–Trinajstić information content (AvgIpc) is 3.21. The van der Waals surface area contributed by atoms with E-state index in [4.69, 9.17) is 32.7 Å². The molecule has 0 saturated carbocycles. The fourth-order valence-corrected chi connectivity index (χ4v) is 5.30. The Balaban J connectivity index is 1.43. The highest BCUT2D eigenvalue weighted by atomic mass is 79.9. The second-order valence-electron chi connectivity index (χ2n) is 9.10. The van der Waals surface area contributed by atoms with Gasteiger partial charge in [0.1, 0.15) is 18.9 Å². The van der Waals surface area contributed by atoms with Crippen molar-refractivity contribution in [3.05, 3.63) is 96.8 Å². The van der Waals surface area contributed by atoms with E-state index in [0.717, 1.165) is 33.1 Å². The first-order chi connectivity index (χ1) is 20.1. The Bertz CT molecular complexity index is 1550. The highest BCUT2D eigenvalue weighted by molar-refractivity contribution is 9.10. The number of esters is 1. The summed E-state index contributed by atoms with van der Waals surface area (Å²) in [5, 5.41) is 2.81. The van der Waals surface area contributed by atoms with Gasteiger partial charge in [-0.05, 0) is 78.4 Å². The molecule has 0 unspecified atom stereocenters. The Hall–Kier alpha value is -3.31. The summed E-state index contributed by atoms with van der Waals surface area (Å²) < 4.78 is 11.9. The SMILES string of the molecule is CCCCOC(=O)c1cc(NC(=O)CN2C(=O)S/C(=C/c3cc(Br)ccc3OCc3ccc(Cl)cc3)C2=O)ccc1Cl. The summed E-state index contributed by atoms with van der Waals surface area (Å²) in [7, 11) is 0. The lowest BCUT2D eigenvalue weighted by atomic mass is 10.1. The summed E-state index contributed by atoms with van der Waals surface area (Å²) in [4.78, 5) is 51.9. The van der Waals surface area contributed by atoms with E-state index in [9.17, 15) is 19.2 Å². The molecule has 0 radical (unpaired) electrons. The van der Waals surface area contributed by atoms with Gasteiger partial charge in [-0.1, -0.05) is 64.6 Å². The summed E-state index contributed by atoms with van der Waals surface area (Å²) >= 11 is 16.2. The first kappa shape index (κ1) is 31.6. The molecule has 0 atom stereocenters. The number of anilines is 1. The topological polar surface area (TPSA) is 102 Å². The molecule has 3 amide bonds. The van der Waals surface area contributed by atoms with E-state index in [0.29, 0.717) is 22.8 Å². The molecule has 42 heavy (non-hydrogen) atoms. The molecule has 0 aromatic heterocycles. The van der Waals surface area contributed by atoms with E-state index >= 15 is 0 Å². The lowest BCUT2D eigenvalue weighted by molar-refractivity contribution is -0.127. The van der Waals surface area contributed by atoms with Crippen molar-refractivity contribution in [2.45, 2.75) is 26.4 Å². The number of carbonyl (C=O) groups excluding carboxylic acids is 4. The number of amides is 3. The smallest absolute Gasteiger partial charge is 0.339 e. The van der Waals surface area contributed by atoms with Gasteiger partial charge in [-0.25, -0.2) is 4.79 Å². The second kappa shape index (κ2) is 14.7. The van der Waals surface area contributed by atoms with Gasteiger partial charge in [0.05, 0.1) is 22.1 Å². The van der Waals surface area contributed by atoms with E-state index in [1.807, 2.05) is 19.1 Å². The number of hydrogen-bond acceptors (Lipinski definition) is 7. The normalized spacial score (nSPS) is 13.9. The van der Waals surface area contributed by atoms with Gasteiger partial charge in [-0.15, -0.1) is 0 Å². The van der Waals surface area contributed by atoms with Gasteiger partial charge in [0.2, 0.25) is 5.91 Å². The molecule has 4 rings (SSSR count). The Kier molecular flexibility index (Phi) is 11.1. The molecule has 1 aliphatic rings. The number of halogens is 3. The van der Waals surface area contributed by atoms with Crippen LogP contribution in [-0.4, -0.2) is 41.1 Å². The van der Waals surface area contributed by atoms with Crippen molar-refractivity contribution >= 4 is 85.7 Å². The van der Waals surface area contributed by atoms with Gasteiger partial charge in [0, 0.05) is 20.7 Å². The van der Waals surface area contributed by atoms with Crippen LogP contribution in [0.1, 0.15) is 41.3 Å². The average molecular weight is 692 g/mol. The fourth-order valence-electron chi connectivity index (χ4n) is 3.77. The molecular weight excluding hydrogens is 667 g/mol. The van der Waals surface area contributed by atoms with Crippen LogP contribution in [0.15, 0.2) is 70.0 Å². The molecule has 0 bridgehead atoms. The maximum Gasteiger partial charge on any atom is 0.339 e. The lowest BCUT2D eigenvalue weighted by Gasteiger charge is -2.13. The number of hydrogen-bond donors (Lipinski definition) is 1. The van der Waals surface area contributed by atoms with E-state index in [1.54, 1.807) is 36.4 Å². The second-order valence-corrected chi connectivity index (χ2v) is 11.8. The molecule has 12 heteroatoms. The number of rotatable bonds is 11. The molecular formula is C30H25BrCl2N2O6S. The maximum atomic E-state index is 13.1. The van der Waals surface area contributed by atoms with Crippen LogP contribution in [-0.2, 0) is 20.9 Å². The highest BCUT2D eigenvalue weighted by Crippen LogP contribution is 2.35. The molecule has 1 saturated heterocycles. The van der Waals surface area contributed by atoms with E-state index in [-0.39, 0.29) is 34.4 Å². The minimum Gasteiger partial charge on any atom is -0.488 e. The molecule has 1 fully saturated rings. The van der Waals surface area contributed by atoms with Gasteiger partial charge in [0.15, 0.2) is 0 Å². The van der Waals surface area contributed by atoms with Crippen molar-refractivity contribution in [2.75, 3.05) is 18.5 Å². The molecule has 218 valence electrons. The van der Waals surface area contributed by atoms with Crippen molar-refractivity contribution in [1.82, 2.24) is 4.90 Å². The maximum absolute atomic E-state index is 13.1. The summed E-state index contributed by atoms with van der Waals surface area (Å²) in [6.45, 7) is 1.98. The van der Waals surface area contributed by atoms with Crippen LogP contribution in [0.25, 0.3) is 6.08 Å². The van der Waals surface area contributed by atoms with Crippen LogP contribution in [0.4, 0.5) is 10.5 Å². The van der Waals surface area contributed by atoms with Crippen LogP contribution in [0.2, 0.25) is 10.0 Å². The highest BCUT2D eigenvalue weighted by Gasteiger charge is 2.36. The van der Waals surface area contributed by atoms with Gasteiger partial charge < -0.3 is 14.8 Å². The molecule has 3 aromatic carbocycles. The molecule has 0 aliphatic carbocycles. The Morgan fingerprint density at radius 1 is 1.05 bits per heavy atom. The minimum absolute atomic E-state index is 0.0998. The number of nitrogens with one attached hydrogen (secondary N) is 1. The zero-order chi connectivity index (χ0) is 30.2. The summed E-state index contributed by atoms with van der Waals surface area (Å²) in [5.41, 5.74) is 1.85. The Morgan fingerprint density at radius 2 is 1.81 bits per heavy atom. The van der Waals surface area contributed by atoms with Crippen molar-refractivity contribution in [3.8, 4) is 5.75 Å². The van der Waals surface area contributed by atoms with E-state index < -0.39 is 29.6 Å². The first-order valence-electron chi connectivity index (χ1n) is 12.8. The largest absolute Gasteiger partial charge is 0.488 e. The number of imide groups is 1. The van der Waals surface area contributed by atoms with Crippen LogP contribution < -0.4 is 10.1 Å². The number of carbonyl (C=O) groups is 4. The lowest BCUT2D eigenvalue weighted by Crippen LogP contribution is -2.36. The summed E-state index contributed by atoms with van der Waals surface area (Å²) in [6.07, 6.45) is 3.13. The van der Waals surface area contributed by atoms with Crippen LogP contribution in [0.5, 0.6) is 5.75 Å². The van der Waals surface area contributed by atoms with Crippen molar-refractivity contribution < 1.29 is 28.7 Å². The number of nitrogens with zero attached hydrogens (tertiary/aromatic N) is 1. The third-order valence-electron chi connectivity index (χ3n) is 5.94. The monoisotopic (exact) mass is 690 g/mol. The molecule has 0 spiro atoms. The van der Waals surface area contributed by atoms with E-state index in [1.165, 1.54) is 18.2 Å². The molecule has 1 aliphatic heterocycles. The first-order valence-corrected chi connectivity index (χ1v) is 15.2. The van der Waals surface area contributed by atoms with Crippen molar-refractivity contribution in [3.63, 3.8) is 0 Å². The summed E-state index contributed by atoms with van der Waals surface area (Å²) in [6, 6.07) is 16.9. The Morgan fingerprint density at radius 3 is 2.55 bits per heavy atom. The number of benzene rings is 3. The predicted molar refractivity (Wildman–Crippen MR) is 168 cm³/mol. The van der Waals surface area contributed by atoms with Crippen LogP contribution >= 0.6 is 50.9 Å². The fraction of sp³-hybridized carbons (Fsp3) is 0.200. The van der Waals surface area contributed by atoms with Gasteiger partial charge >= 0.3 is 5.97 Å². The zero-order valence-electron chi connectivity index (χ0n) is 22.3. The van der Waals surface area contributed by atoms with Crippen LogP contribution in [0.3, 0.4) is 0 Å². The molecule has 1 heterocycles. The quantitative estimate of drug-likeness (QED) is 0.124. The van der Waals surface area contributed by atoms with E-state index in [2.05, 4.69) is 21.2 Å². The van der Waals surface area contributed by atoms with Gasteiger partial charge in [0.25, 0.3) is 11.1 Å². The zero-order valence-corrected chi connectivity index (χ0v) is 26.2. The standard InChI is InChI=1S/C30H25BrCl2N2O6S/c1-2-3-12-40-29(38)23-15-22(9-10-24(23)33)34-27(36)16-35-28(37)26(42-30(35)39)14-19-13-20(31)6-11-25(19)41-17-18-4-7-21(32)8-5-18/h4-11,13-15H,2-3,12,16-17H2,1H3,(H,34,36)/b26-14+. The third kappa shape index (κ3) is 8.38. The molecule has 3 aromatic rings. The Labute approximate surface area is 265 Å². The molecule has 1 N–H and O–H groups in total. The van der Waals surface area contributed by atoms with Gasteiger partial charge in [-0.2, -0.15) is 0 Å². The van der Waals surface area contributed by atoms with Gasteiger partial charge in [-0.3, -0.25) is 19.3 Å². The number of thioether (sulfide) groups is 1.